The van der Waals surface area contributed by atoms with Gasteiger partial charge in [-0.05, 0) is 61.6 Å². The number of aromatic carboxylic acids is 1. The van der Waals surface area contributed by atoms with Crippen molar-refractivity contribution in [1.82, 2.24) is 0 Å². The first-order valence-electron chi connectivity index (χ1n) is 6.91. The highest BCUT2D eigenvalue weighted by Gasteiger charge is 2.47. The molecule has 1 N–H and O–H groups in total. The Labute approximate surface area is 111 Å². The molecule has 4 rings (SSSR count). The number of benzene rings is 1. The van der Waals surface area contributed by atoms with Crippen molar-refractivity contribution >= 4 is 16.9 Å². The number of rotatable bonds is 3. The average molecular weight is 256 g/mol. The molecule has 0 amide bonds. The Morgan fingerprint density at radius 3 is 2.84 bits per heavy atom. The van der Waals surface area contributed by atoms with Crippen LogP contribution in [0.3, 0.4) is 0 Å². The highest BCUT2D eigenvalue weighted by atomic mass is 16.4. The zero-order chi connectivity index (χ0) is 13.1. The van der Waals surface area contributed by atoms with Crippen LogP contribution in [0.15, 0.2) is 22.6 Å². The summed E-state index contributed by atoms with van der Waals surface area (Å²) >= 11 is 0. The lowest BCUT2D eigenvalue weighted by atomic mass is 10.0. The molecule has 2 aromatic rings. The maximum atomic E-state index is 11.3. The van der Waals surface area contributed by atoms with E-state index >= 15 is 0 Å². The predicted molar refractivity (Wildman–Crippen MR) is 71.5 cm³/mol. The van der Waals surface area contributed by atoms with E-state index in [-0.39, 0.29) is 0 Å². The summed E-state index contributed by atoms with van der Waals surface area (Å²) < 4.78 is 5.52. The molecule has 1 heterocycles. The maximum absolute atomic E-state index is 11.3. The Hall–Kier alpha value is -1.77. The second kappa shape index (κ2) is 3.62. The molecule has 3 nitrogen and oxygen atoms in total. The van der Waals surface area contributed by atoms with Crippen LogP contribution in [0.5, 0.6) is 0 Å². The first kappa shape index (κ1) is 11.1. The molecule has 1 aromatic carbocycles. The molecule has 0 bridgehead atoms. The van der Waals surface area contributed by atoms with Crippen molar-refractivity contribution in [3.05, 3.63) is 35.1 Å². The van der Waals surface area contributed by atoms with Crippen molar-refractivity contribution in [1.29, 1.82) is 0 Å². The Balaban J connectivity index is 1.77. The van der Waals surface area contributed by atoms with E-state index in [9.17, 15) is 9.90 Å². The Kier molecular flexibility index (Phi) is 2.12. The van der Waals surface area contributed by atoms with E-state index in [4.69, 9.17) is 4.42 Å². The molecule has 0 aliphatic heterocycles. The third-order valence-electron chi connectivity index (χ3n) is 4.60. The Morgan fingerprint density at radius 2 is 2.16 bits per heavy atom. The molecule has 0 radical (unpaired) electrons. The fraction of sp³-hybridized carbons (Fsp3) is 0.438. The number of fused-ring (bicyclic) bond motifs is 1. The molecule has 3 heteroatoms. The molecule has 98 valence electrons. The van der Waals surface area contributed by atoms with Gasteiger partial charge < -0.3 is 9.52 Å². The number of carboxylic acid groups (broad SMARTS) is 1. The van der Waals surface area contributed by atoms with Crippen molar-refractivity contribution in [3.8, 4) is 0 Å². The van der Waals surface area contributed by atoms with Crippen LogP contribution in [0.4, 0.5) is 0 Å². The van der Waals surface area contributed by atoms with Gasteiger partial charge in [-0.2, -0.15) is 0 Å². The van der Waals surface area contributed by atoms with Crippen molar-refractivity contribution in [2.45, 2.75) is 32.1 Å². The second-order valence-electron chi connectivity index (χ2n) is 5.94. The van der Waals surface area contributed by atoms with Gasteiger partial charge in [0, 0.05) is 5.39 Å². The molecular weight excluding hydrogens is 240 g/mol. The molecule has 2 saturated carbocycles. The van der Waals surface area contributed by atoms with Gasteiger partial charge in [-0.3, -0.25) is 0 Å². The lowest BCUT2D eigenvalue weighted by Gasteiger charge is -2.00. The SMILES string of the molecule is Cc1oc2ccc(C3CC3C3CC3)cc2c1C(=O)O. The Bertz CT molecular complexity index is 679. The lowest BCUT2D eigenvalue weighted by Crippen LogP contribution is -1.97. The summed E-state index contributed by atoms with van der Waals surface area (Å²) in [7, 11) is 0. The predicted octanol–water partition coefficient (Wildman–Crippen LogP) is 3.95. The molecular formula is C16H16O3. The molecule has 0 saturated heterocycles. The van der Waals surface area contributed by atoms with E-state index in [1.165, 1.54) is 24.8 Å². The van der Waals surface area contributed by atoms with Crippen molar-refractivity contribution in [2.24, 2.45) is 11.8 Å². The monoisotopic (exact) mass is 256 g/mol. The minimum absolute atomic E-state index is 0.320. The minimum atomic E-state index is -0.900. The van der Waals surface area contributed by atoms with E-state index in [0.29, 0.717) is 22.8 Å². The van der Waals surface area contributed by atoms with Crippen molar-refractivity contribution < 1.29 is 14.3 Å². The number of hydrogen-bond donors (Lipinski definition) is 1. The number of aryl methyl sites for hydroxylation is 1. The van der Waals surface area contributed by atoms with Gasteiger partial charge in [-0.25, -0.2) is 4.79 Å². The van der Waals surface area contributed by atoms with Crippen molar-refractivity contribution in [2.75, 3.05) is 0 Å². The smallest absolute Gasteiger partial charge is 0.339 e. The number of carbonyl (C=O) groups is 1. The summed E-state index contributed by atoms with van der Waals surface area (Å²) in [5.41, 5.74) is 2.29. The van der Waals surface area contributed by atoms with Gasteiger partial charge in [-0.15, -0.1) is 0 Å². The normalized spacial score (nSPS) is 25.7. The second-order valence-corrected chi connectivity index (χ2v) is 5.94. The van der Waals surface area contributed by atoms with Gasteiger partial charge in [0.15, 0.2) is 0 Å². The summed E-state index contributed by atoms with van der Waals surface area (Å²) in [6.07, 6.45) is 4.04. The zero-order valence-electron chi connectivity index (χ0n) is 10.8. The van der Waals surface area contributed by atoms with Gasteiger partial charge in [-0.1, -0.05) is 6.07 Å². The number of hydrogen-bond acceptors (Lipinski definition) is 2. The fourth-order valence-electron chi connectivity index (χ4n) is 3.38. The molecule has 0 spiro atoms. The summed E-state index contributed by atoms with van der Waals surface area (Å²) in [5, 5.41) is 10.0. The summed E-state index contributed by atoms with van der Waals surface area (Å²) in [5.74, 6) is 2.02. The van der Waals surface area contributed by atoms with Gasteiger partial charge in [0.25, 0.3) is 0 Å². The highest BCUT2D eigenvalue weighted by Crippen LogP contribution is 2.59. The first-order chi connectivity index (χ1) is 9.15. The first-order valence-corrected chi connectivity index (χ1v) is 6.91. The summed E-state index contributed by atoms with van der Waals surface area (Å²) in [4.78, 5) is 11.3. The largest absolute Gasteiger partial charge is 0.478 e. The van der Waals surface area contributed by atoms with E-state index in [1.807, 2.05) is 12.1 Å². The third kappa shape index (κ3) is 1.68. The third-order valence-corrected chi connectivity index (χ3v) is 4.60. The standard InChI is InChI=1S/C16H16O3/c1-8-15(16(17)18)13-6-10(4-5-14(13)19-8)12-7-11(12)9-2-3-9/h4-6,9,11-12H,2-3,7H2,1H3,(H,17,18). The maximum Gasteiger partial charge on any atom is 0.339 e. The van der Waals surface area contributed by atoms with Crippen molar-refractivity contribution in [3.63, 3.8) is 0 Å². The van der Waals surface area contributed by atoms with E-state index in [1.54, 1.807) is 6.92 Å². The molecule has 2 fully saturated rings. The molecule has 1 aromatic heterocycles. The van der Waals surface area contributed by atoms with Crippen LogP contribution in [0.1, 0.15) is 46.9 Å². The van der Waals surface area contributed by atoms with Crippen LogP contribution in [0, 0.1) is 18.8 Å². The van der Waals surface area contributed by atoms with Gasteiger partial charge >= 0.3 is 5.97 Å². The topological polar surface area (TPSA) is 50.4 Å². The molecule has 2 unspecified atom stereocenters. The van der Waals surface area contributed by atoms with E-state index < -0.39 is 5.97 Å². The highest BCUT2D eigenvalue weighted by molar-refractivity contribution is 6.03. The van der Waals surface area contributed by atoms with Crippen LogP contribution in [0.25, 0.3) is 11.0 Å². The van der Waals surface area contributed by atoms with Crippen LogP contribution < -0.4 is 0 Å². The van der Waals surface area contributed by atoms with E-state index in [0.717, 1.165) is 17.2 Å². The van der Waals surface area contributed by atoms with E-state index in [2.05, 4.69) is 6.07 Å². The van der Waals surface area contributed by atoms with Crippen LogP contribution >= 0.6 is 0 Å². The molecule has 19 heavy (non-hydrogen) atoms. The molecule has 2 aliphatic rings. The van der Waals surface area contributed by atoms with Crippen LogP contribution in [-0.2, 0) is 0 Å². The van der Waals surface area contributed by atoms with Gasteiger partial charge in [0.1, 0.15) is 16.9 Å². The summed E-state index contributed by atoms with van der Waals surface area (Å²) in [6, 6.07) is 6.05. The zero-order valence-corrected chi connectivity index (χ0v) is 10.8. The average Bonchev–Trinajstić information content (AvgIpc) is 3.22. The van der Waals surface area contributed by atoms with Gasteiger partial charge in [0.05, 0.1) is 0 Å². The Morgan fingerprint density at radius 1 is 1.37 bits per heavy atom. The summed E-state index contributed by atoms with van der Waals surface area (Å²) in [6.45, 7) is 1.72. The molecule has 2 aliphatic carbocycles. The quantitative estimate of drug-likeness (QED) is 0.904. The number of carboxylic acids is 1. The van der Waals surface area contributed by atoms with Crippen LogP contribution in [-0.4, -0.2) is 11.1 Å². The minimum Gasteiger partial charge on any atom is -0.478 e. The fourth-order valence-corrected chi connectivity index (χ4v) is 3.38. The van der Waals surface area contributed by atoms with Crippen LogP contribution in [0.2, 0.25) is 0 Å². The van der Waals surface area contributed by atoms with Gasteiger partial charge in [0.2, 0.25) is 0 Å². The molecule has 2 atom stereocenters. The lowest BCUT2D eigenvalue weighted by molar-refractivity contribution is 0.0697. The number of furan rings is 1.